The van der Waals surface area contributed by atoms with E-state index >= 15 is 0 Å². The molecule has 1 heterocycles. The van der Waals surface area contributed by atoms with E-state index in [1.54, 1.807) is 0 Å². The van der Waals surface area contributed by atoms with E-state index in [9.17, 15) is 14.4 Å². The van der Waals surface area contributed by atoms with Crippen molar-refractivity contribution in [2.24, 2.45) is 5.92 Å². The molecule has 0 bridgehead atoms. The van der Waals surface area contributed by atoms with Gasteiger partial charge in [-0.25, -0.2) is 0 Å². The number of rotatable bonds is 1. The fourth-order valence-electron chi connectivity index (χ4n) is 1.02. The van der Waals surface area contributed by atoms with Gasteiger partial charge < -0.3 is 4.74 Å². The summed E-state index contributed by atoms with van der Waals surface area (Å²) in [7, 11) is 0. The van der Waals surface area contributed by atoms with E-state index in [0.29, 0.717) is 0 Å². The van der Waals surface area contributed by atoms with Gasteiger partial charge in [-0.05, 0) is 13.8 Å². The van der Waals surface area contributed by atoms with Crippen LogP contribution in [0.2, 0.25) is 0 Å². The number of hydrogen-bond donors (Lipinski definition) is 0. The molecule has 60 valence electrons. The van der Waals surface area contributed by atoms with Crippen LogP contribution >= 0.6 is 0 Å². The molecular weight excluding hydrogens is 148 g/mol. The third-order valence-electron chi connectivity index (χ3n) is 1.62. The lowest BCUT2D eigenvalue weighted by Gasteiger charge is -1.95. The molecule has 0 amide bonds. The van der Waals surface area contributed by atoms with Crippen LogP contribution in [0.3, 0.4) is 0 Å². The zero-order valence-corrected chi connectivity index (χ0v) is 6.29. The highest BCUT2D eigenvalue weighted by Crippen LogP contribution is 2.17. The molecule has 0 aromatic heterocycles. The lowest BCUT2D eigenvalue weighted by Crippen LogP contribution is -2.24. The van der Waals surface area contributed by atoms with Crippen LogP contribution in [0.4, 0.5) is 0 Å². The Kier molecular flexibility index (Phi) is 1.76. The summed E-state index contributed by atoms with van der Waals surface area (Å²) < 4.78 is 4.54. The number of carbonyl (C=O) groups is 3. The van der Waals surface area contributed by atoms with E-state index in [0.717, 1.165) is 0 Å². The number of ketones is 2. The molecule has 4 nitrogen and oxygen atoms in total. The highest BCUT2D eigenvalue weighted by atomic mass is 16.6. The molecule has 11 heavy (non-hydrogen) atoms. The third kappa shape index (κ3) is 1.15. The summed E-state index contributed by atoms with van der Waals surface area (Å²) in [5.74, 6) is -2.74. The van der Waals surface area contributed by atoms with Crippen molar-refractivity contribution < 1.29 is 19.1 Å². The number of esters is 1. The second-order valence-electron chi connectivity index (χ2n) is 2.53. The van der Waals surface area contributed by atoms with Crippen LogP contribution in [0.1, 0.15) is 13.8 Å². The summed E-state index contributed by atoms with van der Waals surface area (Å²) in [6.45, 7) is 2.67. The summed E-state index contributed by atoms with van der Waals surface area (Å²) in [4.78, 5) is 32.5. The smallest absolute Gasteiger partial charge is 0.324 e. The average Bonchev–Trinajstić information content (AvgIpc) is 2.07. The van der Waals surface area contributed by atoms with Gasteiger partial charge >= 0.3 is 5.97 Å². The molecule has 0 aromatic rings. The van der Waals surface area contributed by atoms with Gasteiger partial charge in [0.25, 0.3) is 0 Å². The summed E-state index contributed by atoms with van der Waals surface area (Å²) in [6, 6.07) is 0. The first kappa shape index (κ1) is 7.91. The molecule has 1 aliphatic rings. The molecule has 4 heteroatoms. The van der Waals surface area contributed by atoms with Crippen molar-refractivity contribution in [3.8, 4) is 0 Å². The summed E-state index contributed by atoms with van der Waals surface area (Å²) in [5, 5.41) is 0. The molecule has 0 N–H and O–H groups in total. The minimum absolute atomic E-state index is 0.428. The Bertz CT molecular complexity index is 231. The first-order valence-electron chi connectivity index (χ1n) is 3.28. The third-order valence-corrected chi connectivity index (χ3v) is 1.62. The lowest BCUT2D eigenvalue weighted by molar-refractivity contribution is -0.146. The minimum atomic E-state index is -1.16. The van der Waals surface area contributed by atoms with E-state index in [4.69, 9.17) is 0 Å². The van der Waals surface area contributed by atoms with Crippen LogP contribution < -0.4 is 0 Å². The number of hydrogen-bond acceptors (Lipinski definition) is 4. The lowest BCUT2D eigenvalue weighted by atomic mass is 10.0. The fourth-order valence-corrected chi connectivity index (χ4v) is 1.02. The van der Waals surface area contributed by atoms with Gasteiger partial charge in [0.2, 0.25) is 0 Å². The van der Waals surface area contributed by atoms with Gasteiger partial charge in [-0.2, -0.15) is 0 Å². The van der Waals surface area contributed by atoms with Crippen LogP contribution in [-0.2, 0) is 19.1 Å². The number of cyclic esters (lactones) is 1. The van der Waals surface area contributed by atoms with Gasteiger partial charge in [-0.3, -0.25) is 14.4 Å². The monoisotopic (exact) mass is 156 g/mol. The maximum absolute atomic E-state index is 11.0. The molecule has 0 radical (unpaired) electrons. The molecule has 1 fully saturated rings. The largest absolute Gasteiger partial charge is 0.454 e. The number of Topliss-reactive ketones (excluding diaryl/α,β-unsaturated/α-hetero) is 2. The van der Waals surface area contributed by atoms with Gasteiger partial charge in [0.15, 0.2) is 23.6 Å². The first-order chi connectivity index (χ1) is 5.04. The summed E-state index contributed by atoms with van der Waals surface area (Å²) >= 11 is 0. The van der Waals surface area contributed by atoms with E-state index in [-0.39, 0.29) is 0 Å². The van der Waals surface area contributed by atoms with Crippen LogP contribution in [0.15, 0.2) is 0 Å². The molecule has 0 spiro atoms. The van der Waals surface area contributed by atoms with Crippen LogP contribution in [0.5, 0.6) is 0 Å². The Morgan fingerprint density at radius 1 is 1.45 bits per heavy atom. The highest BCUT2D eigenvalue weighted by molar-refractivity contribution is 6.21. The number of ether oxygens (including phenoxy) is 1. The van der Waals surface area contributed by atoms with Gasteiger partial charge in [0.1, 0.15) is 0 Å². The van der Waals surface area contributed by atoms with E-state index in [1.165, 1.54) is 13.8 Å². The van der Waals surface area contributed by atoms with Crippen molar-refractivity contribution in [2.45, 2.75) is 20.0 Å². The van der Waals surface area contributed by atoms with Gasteiger partial charge in [-0.1, -0.05) is 0 Å². The molecule has 1 saturated heterocycles. The quantitative estimate of drug-likeness (QED) is 0.386. The molecule has 0 saturated carbocycles. The Morgan fingerprint density at radius 2 is 2.00 bits per heavy atom. The Hall–Kier alpha value is -1.19. The molecular formula is C7H8O4. The number of carbonyl (C=O) groups excluding carboxylic acids is 3. The van der Waals surface area contributed by atoms with E-state index in [2.05, 4.69) is 4.74 Å². The Labute approximate surface area is 63.5 Å². The van der Waals surface area contributed by atoms with Gasteiger partial charge in [-0.15, -0.1) is 0 Å². The minimum Gasteiger partial charge on any atom is -0.454 e. The van der Waals surface area contributed by atoms with Crippen LogP contribution in [0, 0.1) is 5.92 Å². The molecule has 2 atom stereocenters. The van der Waals surface area contributed by atoms with Gasteiger partial charge in [0, 0.05) is 0 Å². The topological polar surface area (TPSA) is 60.4 Å². The van der Waals surface area contributed by atoms with Crippen LogP contribution in [0.25, 0.3) is 0 Å². The molecule has 0 aromatic carbocycles. The summed E-state index contributed by atoms with van der Waals surface area (Å²) in [5.41, 5.74) is 0. The highest BCUT2D eigenvalue weighted by Gasteiger charge is 2.43. The fraction of sp³-hybridized carbons (Fsp3) is 0.571. The Balaban J connectivity index is 2.88. The maximum Gasteiger partial charge on any atom is 0.324 e. The normalized spacial score (nSPS) is 30.4. The van der Waals surface area contributed by atoms with Crippen molar-refractivity contribution >= 4 is 17.5 Å². The molecule has 0 unspecified atom stereocenters. The zero-order chi connectivity index (χ0) is 8.59. The first-order valence-corrected chi connectivity index (χ1v) is 3.28. The van der Waals surface area contributed by atoms with Crippen molar-refractivity contribution in [2.75, 3.05) is 0 Å². The average molecular weight is 156 g/mol. The van der Waals surface area contributed by atoms with Crippen molar-refractivity contribution in [1.82, 2.24) is 0 Å². The molecule has 1 rings (SSSR count). The standard InChI is InChI=1S/C7H8O4/c1-3(8)5-6(9)4(2)11-7(5)10/h4-5H,1-2H3/t4-,5-/m0/s1. The van der Waals surface area contributed by atoms with Crippen molar-refractivity contribution in [1.29, 1.82) is 0 Å². The van der Waals surface area contributed by atoms with E-state index < -0.39 is 29.6 Å². The SMILES string of the molecule is CC(=O)[C@@H]1C(=O)O[C@@H](C)C1=O. The van der Waals surface area contributed by atoms with Crippen molar-refractivity contribution in [3.63, 3.8) is 0 Å². The zero-order valence-electron chi connectivity index (χ0n) is 6.29. The van der Waals surface area contributed by atoms with Crippen LogP contribution in [-0.4, -0.2) is 23.6 Å². The molecule has 1 aliphatic heterocycles. The van der Waals surface area contributed by atoms with E-state index in [1.807, 2.05) is 0 Å². The Morgan fingerprint density at radius 3 is 2.18 bits per heavy atom. The predicted octanol–water partition coefficient (Wildman–Crippen LogP) is -0.294. The van der Waals surface area contributed by atoms with Crippen molar-refractivity contribution in [3.05, 3.63) is 0 Å². The maximum atomic E-state index is 11.0. The predicted molar refractivity (Wildman–Crippen MR) is 34.7 cm³/mol. The summed E-state index contributed by atoms with van der Waals surface area (Å²) in [6.07, 6.45) is -0.753. The second-order valence-corrected chi connectivity index (χ2v) is 2.53. The van der Waals surface area contributed by atoms with Gasteiger partial charge in [0.05, 0.1) is 0 Å². The second kappa shape index (κ2) is 2.45. The molecule has 0 aliphatic carbocycles.